The second kappa shape index (κ2) is 6.92. The topological polar surface area (TPSA) is 30.5 Å². The first-order valence-corrected chi connectivity index (χ1v) is 7.15. The molecule has 3 nitrogen and oxygen atoms in total. The lowest BCUT2D eigenvalue weighted by Crippen LogP contribution is -2.38. The van der Waals surface area contributed by atoms with Crippen molar-refractivity contribution in [3.8, 4) is 5.75 Å². The van der Waals surface area contributed by atoms with Gasteiger partial charge >= 0.3 is 0 Å². The van der Waals surface area contributed by atoms with Crippen LogP contribution in [0.3, 0.4) is 0 Å². The quantitative estimate of drug-likeness (QED) is 0.884. The summed E-state index contributed by atoms with van der Waals surface area (Å²) in [4.78, 5) is 0. The van der Waals surface area contributed by atoms with Crippen LogP contribution >= 0.6 is 0 Å². The Hall–Kier alpha value is -1.06. The molecular weight excluding hydrogens is 238 g/mol. The maximum absolute atomic E-state index is 5.48. The molecule has 3 heteroatoms. The molecule has 1 aliphatic rings. The fourth-order valence-electron chi connectivity index (χ4n) is 2.85. The van der Waals surface area contributed by atoms with Crippen molar-refractivity contribution in [1.82, 2.24) is 5.32 Å². The van der Waals surface area contributed by atoms with Crippen LogP contribution in [-0.2, 0) is 4.74 Å². The lowest BCUT2D eigenvalue weighted by Gasteiger charge is -2.31. The van der Waals surface area contributed by atoms with Gasteiger partial charge in [-0.1, -0.05) is 12.1 Å². The average molecular weight is 263 g/mol. The number of ether oxygens (including phenoxy) is 2. The summed E-state index contributed by atoms with van der Waals surface area (Å²) in [6.07, 6.45) is 5.25. The highest BCUT2D eigenvalue weighted by atomic mass is 16.5. The Labute approximate surface area is 116 Å². The molecule has 0 spiro atoms. The molecule has 0 aliphatic heterocycles. The van der Waals surface area contributed by atoms with Crippen molar-refractivity contribution in [2.24, 2.45) is 0 Å². The van der Waals surface area contributed by atoms with E-state index in [9.17, 15) is 0 Å². The van der Waals surface area contributed by atoms with Gasteiger partial charge in [0.05, 0.1) is 13.2 Å². The number of methoxy groups -OCH3 is 2. The van der Waals surface area contributed by atoms with E-state index in [2.05, 4.69) is 24.4 Å². The van der Waals surface area contributed by atoms with E-state index in [1.807, 2.05) is 19.2 Å². The normalized spacial score (nSPS) is 25.0. The Morgan fingerprint density at radius 2 is 1.89 bits per heavy atom. The van der Waals surface area contributed by atoms with Crippen molar-refractivity contribution >= 4 is 0 Å². The van der Waals surface area contributed by atoms with E-state index in [-0.39, 0.29) is 0 Å². The van der Waals surface area contributed by atoms with Crippen molar-refractivity contribution < 1.29 is 9.47 Å². The van der Waals surface area contributed by atoms with Crippen LogP contribution in [0, 0.1) is 0 Å². The first kappa shape index (κ1) is 14.4. The molecule has 2 unspecified atom stereocenters. The van der Waals surface area contributed by atoms with E-state index in [1.54, 1.807) is 7.11 Å². The van der Waals surface area contributed by atoms with Crippen LogP contribution in [0.2, 0.25) is 0 Å². The van der Waals surface area contributed by atoms with Gasteiger partial charge in [-0.25, -0.2) is 0 Å². The molecule has 0 aromatic heterocycles. The smallest absolute Gasteiger partial charge is 0.118 e. The third-order valence-corrected chi connectivity index (χ3v) is 4.06. The van der Waals surface area contributed by atoms with Gasteiger partial charge < -0.3 is 14.8 Å². The van der Waals surface area contributed by atoms with Crippen LogP contribution in [0.25, 0.3) is 0 Å². The minimum Gasteiger partial charge on any atom is -0.497 e. The molecule has 0 bridgehead atoms. The predicted molar refractivity (Wildman–Crippen MR) is 77.6 cm³/mol. The Balaban J connectivity index is 1.90. The zero-order valence-corrected chi connectivity index (χ0v) is 12.2. The third-order valence-electron chi connectivity index (χ3n) is 4.06. The lowest BCUT2D eigenvalue weighted by molar-refractivity contribution is 0.0572. The highest BCUT2D eigenvalue weighted by Gasteiger charge is 2.22. The van der Waals surface area contributed by atoms with Crippen LogP contribution in [-0.4, -0.2) is 26.4 Å². The van der Waals surface area contributed by atoms with Gasteiger partial charge in [-0.05, 0) is 50.3 Å². The fourth-order valence-corrected chi connectivity index (χ4v) is 2.85. The van der Waals surface area contributed by atoms with Crippen LogP contribution in [0.4, 0.5) is 0 Å². The zero-order chi connectivity index (χ0) is 13.7. The van der Waals surface area contributed by atoms with Gasteiger partial charge in [-0.3, -0.25) is 0 Å². The molecule has 0 heterocycles. The van der Waals surface area contributed by atoms with E-state index >= 15 is 0 Å². The summed E-state index contributed by atoms with van der Waals surface area (Å²) in [5.74, 6) is 0.910. The second-order valence-electron chi connectivity index (χ2n) is 5.38. The SMILES string of the molecule is COc1ccc([C@@H](C)NC2CCCC(OC)C2)cc1. The summed E-state index contributed by atoms with van der Waals surface area (Å²) >= 11 is 0. The molecule has 1 N–H and O–H groups in total. The Kier molecular flexibility index (Phi) is 5.23. The third kappa shape index (κ3) is 3.95. The van der Waals surface area contributed by atoms with Crippen LogP contribution in [0.5, 0.6) is 5.75 Å². The lowest BCUT2D eigenvalue weighted by atomic mass is 9.92. The maximum atomic E-state index is 5.48. The molecule has 0 radical (unpaired) electrons. The molecule has 1 saturated carbocycles. The van der Waals surface area contributed by atoms with Crippen LogP contribution in [0.1, 0.15) is 44.2 Å². The first-order chi connectivity index (χ1) is 9.22. The first-order valence-electron chi connectivity index (χ1n) is 7.15. The Morgan fingerprint density at radius 3 is 2.53 bits per heavy atom. The van der Waals surface area contributed by atoms with Gasteiger partial charge in [0.1, 0.15) is 5.75 Å². The fraction of sp³-hybridized carbons (Fsp3) is 0.625. The number of nitrogens with one attached hydrogen (secondary N) is 1. The molecule has 1 aromatic rings. The van der Waals surface area contributed by atoms with Gasteiger partial charge in [-0.2, -0.15) is 0 Å². The van der Waals surface area contributed by atoms with Crippen molar-refractivity contribution in [2.75, 3.05) is 14.2 Å². The Bertz CT molecular complexity index is 377. The van der Waals surface area contributed by atoms with Crippen LogP contribution in [0.15, 0.2) is 24.3 Å². The zero-order valence-electron chi connectivity index (χ0n) is 12.2. The molecule has 2 rings (SSSR count). The van der Waals surface area contributed by atoms with Gasteiger partial charge in [0, 0.05) is 19.2 Å². The van der Waals surface area contributed by atoms with E-state index < -0.39 is 0 Å². The predicted octanol–water partition coefficient (Wildman–Crippen LogP) is 3.30. The van der Waals surface area contributed by atoms with Crippen molar-refractivity contribution in [3.63, 3.8) is 0 Å². The summed E-state index contributed by atoms with van der Waals surface area (Å²) in [6.45, 7) is 2.22. The summed E-state index contributed by atoms with van der Waals surface area (Å²) in [7, 11) is 3.52. The number of hydrogen-bond acceptors (Lipinski definition) is 3. The van der Waals surface area contributed by atoms with E-state index in [4.69, 9.17) is 9.47 Å². The van der Waals surface area contributed by atoms with Crippen molar-refractivity contribution in [2.45, 2.75) is 50.8 Å². The molecule has 1 aliphatic carbocycles. The van der Waals surface area contributed by atoms with Crippen molar-refractivity contribution in [1.29, 1.82) is 0 Å². The number of rotatable bonds is 5. The minimum absolute atomic E-state index is 0.367. The van der Waals surface area contributed by atoms with Gasteiger partial charge in [0.25, 0.3) is 0 Å². The van der Waals surface area contributed by atoms with Crippen molar-refractivity contribution in [3.05, 3.63) is 29.8 Å². The summed E-state index contributed by atoms with van der Waals surface area (Å²) in [6, 6.07) is 9.24. The van der Waals surface area contributed by atoms with Gasteiger partial charge in [-0.15, -0.1) is 0 Å². The highest BCUT2D eigenvalue weighted by molar-refractivity contribution is 5.28. The monoisotopic (exact) mass is 263 g/mol. The summed E-state index contributed by atoms with van der Waals surface area (Å²) in [5.41, 5.74) is 1.31. The molecule has 3 atom stereocenters. The number of benzene rings is 1. The standard InChI is InChI=1S/C16H25NO2/c1-12(13-7-9-15(18-2)10-8-13)17-14-5-4-6-16(11-14)19-3/h7-10,12,14,16-17H,4-6,11H2,1-3H3/t12-,14?,16?/m1/s1. The second-order valence-corrected chi connectivity index (χ2v) is 5.38. The van der Waals surface area contributed by atoms with Crippen LogP contribution < -0.4 is 10.1 Å². The summed E-state index contributed by atoms with van der Waals surface area (Å²) < 4.78 is 10.7. The molecular formula is C16H25NO2. The van der Waals surface area contributed by atoms with Gasteiger partial charge in [0.2, 0.25) is 0 Å². The van der Waals surface area contributed by atoms with E-state index in [0.29, 0.717) is 18.2 Å². The average Bonchev–Trinajstić information content (AvgIpc) is 2.47. The minimum atomic E-state index is 0.367. The van der Waals surface area contributed by atoms with E-state index in [0.717, 1.165) is 12.2 Å². The summed E-state index contributed by atoms with van der Waals surface area (Å²) in [5, 5.41) is 3.72. The van der Waals surface area contributed by atoms with Gasteiger partial charge in [0.15, 0.2) is 0 Å². The largest absolute Gasteiger partial charge is 0.497 e. The van der Waals surface area contributed by atoms with E-state index in [1.165, 1.54) is 24.8 Å². The maximum Gasteiger partial charge on any atom is 0.118 e. The molecule has 19 heavy (non-hydrogen) atoms. The molecule has 1 fully saturated rings. The molecule has 0 amide bonds. The molecule has 1 aromatic carbocycles. The molecule has 0 saturated heterocycles. The highest BCUT2D eigenvalue weighted by Crippen LogP contribution is 2.24. The Morgan fingerprint density at radius 1 is 1.16 bits per heavy atom. The molecule has 106 valence electrons. The number of hydrogen-bond donors (Lipinski definition) is 1.